The number of hydrogen-bond acceptors (Lipinski definition) is 2. The quantitative estimate of drug-likeness (QED) is 0.154. The van der Waals surface area contributed by atoms with Crippen molar-refractivity contribution in [1.82, 2.24) is 0 Å². The Labute approximate surface area is 634 Å². The van der Waals surface area contributed by atoms with Crippen molar-refractivity contribution in [3.05, 3.63) is 490 Å². The van der Waals surface area contributed by atoms with Gasteiger partial charge < -0.3 is 9.64 Å². The van der Waals surface area contributed by atoms with Crippen LogP contribution in [0.4, 0.5) is 17.1 Å². The third-order valence-corrected chi connectivity index (χ3v) is 11.8. The van der Waals surface area contributed by atoms with Gasteiger partial charge in [-0.15, -0.1) is 0 Å². The Morgan fingerprint density at radius 2 is 0.240 bits per heavy atom. The van der Waals surface area contributed by atoms with E-state index in [1.807, 2.05) is 309 Å². The number of rotatable bonds is 6. The van der Waals surface area contributed by atoms with E-state index in [2.05, 4.69) is 243 Å². The Balaban J connectivity index is 0. The van der Waals surface area contributed by atoms with Gasteiger partial charge in [0.25, 0.3) is 0 Å². The van der Waals surface area contributed by atoms with Crippen LogP contribution < -0.4 is 4.90 Å². The molecule has 2 nitrogen and oxygen atoms in total. The zero-order chi connectivity index (χ0) is 76.0. The van der Waals surface area contributed by atoms with Crippen LogP contribution in [0.5, 0.6) is 0 Å². The van der Waals surface area contributed by atoms with E-state index in [1.54, 1.807) is 14.2 Å². The molecule has 0 fully saturated rings. The number of anilines is 3. The molecular formula is C102H125NO. The zero-order valence-electron chi connectivity index (χ0n) is 65.0. The fourth-order valence-electron chi connectivity index (χ4n) is 7.77. The molecular weight excluding hydrogens is 1260 g/mol. The molecule has 14 rings (SSSR count). The van der Waals surface area contributed by atoms with E-state index in [4.69, 9.17) is 0 Å². The molecule has 0 heterocycles. The molecule has 544 valence electrons. The number of hydrogen-bond donors (Lipinski definition) is 0. The van der Waals surface area contributed by atoms with Crippen LogP contribution in [0.25, 0.3) is 0 Å². The topological polar surface area (TPSA) is 12.5 Å². The van der Waals surface area contributed by atoms with Crippen molar-refractivity contribution in [2.75, 3.05) is 19.1 Å². The molecule has 0 aliphatic heterocycles. The molecule has 0 saturated heterocycles. The molecule has 0 spiro atoms. The van der Waals surface area contributed by atoms with Crippen molar-refractivity contribution in [1.29, 1.82) is 0 Å². The number of para-hydroxylation sites is 3. The summed E-state index contributed by atoms with van der Waals surface area (Å²) in [6.45, 7) is 21.2. The van der Waals surface area contributed by atoms with Crippen LogP contribution in [0.3, 0.4) is 0 Å². The molecule has 2 heteroatoms. The van der Waals surface area contributed by atoms with E-state index >= 15 is 0 Å². The molecule has 0 aliphatic carbocycles. The molecule has 0 aromatic heterocycles. The van der Waals surface area contributed by atoms with Gasteiger partial charge >= 0.3 is 0 Å². The van der Waals surface area contributed by atoms with Crippen LogP contribution in [0.1, 0.15) is 124 Å². The van der Waals surface area contributed by atoms with Crippen molar-refractivity contribution >= 4 is 17.1 Å². The maximum absolute atomic E-state index is 4.25. The Morgan fingerprint density at radius 1 is 0.163 bits per heavy atom. The molecule has 0 unspecified atom stereocenters. The SMILES string of the molecule is CCC.CCC.CCC.CCC.CCC.COC.c1ccc(C(c2ccccc2)c2ccccc2)cc1.c1ccc(N(c2ccccc2)c2ccccc2)cc1.c1ccccc1.c1ccccc1.c1ccccc1.c1ccccc1.c1ccccc1.c1ccccc1.c1ccccc1.c1ccccc1. The first-order chi connectivity index (χ1) is 51.4. The van der Waals surface area contributed by atoms with Crippen molar-refractivity contribution in [3.8, 4) is 0 Å². The fourth-order valence-corrected chi connectivity index (χ4v) is 7.77. The molecule has 104 heavy (non-hydrogen) atoms. The van der Waals surface area contributed by atoms with Crippen LogP contribution in [-0.4, -0.2) is 14.2 Å². The average molecular weight is 1380 g/mol. The van der Waals surface area contributed by atoms with Gasteiger partial charge in [-0.1, -0.05) is 538 Å². The summed E-state index contributed by atoms with van der Waals surface area (Å²) in [4.78, 5) is 2.25. The summed E-state index contributed by atoms with van der Waals surface area (Å²) in [6, 6.07) is 159. The Bertz CT molecular complexity index is 2710. The second-order valence-electron chi connectivity index (χ2n) is 22.2. The van der Waals surface area contributed by atoms with Gasteiger partial charge in [0.05, 0.1) is 0 Å². The van der Waals surface area contributed by atoms with Crippen molar-refractivity contribution in [3.63, 3.8) is 0 Å². The van der Waals surface area contributed by atoms with Crippen LogP contribution in [0.15, 0.2) is 473 Å². The van der Waals surface area contributed by atoms with Crippen molar-refractivity contribution in [2.45, 2.75) is 107 Å². The second-order valence-corrected chi connectivity index (χ2v) is 22.2. The Kier molecular flexibility index (Phi) is 73.7. The summed E-state index contributed by atoms with van der Waals surface area (Å²) in [5.74, 6) is 0.309. The third-order valence-electron chi connectivity index (χ3n) is 11.8. The fraction of sp³-hybridized carbons (Fsp3) is 0.176. The average Bonchev–Trinajstić information content (AvgIpc) is 0.830. The van der Waals surface area contributed by atoms with E-state index in [0.29, 0.717) is 5.92 Å². The monoisotopic (exact) mass is 1380 g/mol. The third kappa shape index (κ3) is 61.9. The number of ether oxygens (including phenoxy) is 1. The first-order valence-electron chi connectivity index (χ1n) is 36.9. The van der Waals surface area contributed by atoms with Gasteiger partial charge in [-0.05, 0) is 53.1 Å². The summed E-state index contributed by atoms with van der Waals surface area (Å²) in [7, 11) is 3.25. The van der Waals surface area contributed by atoms with Crippen LogP contribution in [0, 0.1) is 0 Å². The van der Waals surface area contributed by atoms with E-state index < -0.39 is 0 Å². The lowest BCUT2D eigenvalue weighted by Crippen LogP contribution is -2.09. The predicted molar refractivity (Wildman–Crippen MR) is 466 cm³/mol. The summed E-state index contributed by atoms with van der Waals surface area (Å²) in [5.41, 5.74) is 7.50. The Morgan fingerprint density at radius 3 is 0.337 bits per heavy atom. The lowest BCUT2D eigenvalue weighted by molar-refractivity contribution is 0.277. The normalized spacial score (nSPS) is 8.51. The highest BCUT2D eigenvalue weighted by Gasteiger charge is 2.15. The highest BCUT2D eigenvalue weighted by molar-refractivity contribution is 5.76. The maximum Gasteiger partial charge on any atom is 0.0461 e. The largest absolute Gasteiger partial charge is 0.388 e. The second kappa shape index (κ2) is 80.8. The number of methoxy groups -OCH3 is 1. The van der Waals surface area contributed by atoms with Crippen molar-refractivity contribution < 1.29 is 4.74 Å². The first-order valence-corrected chi connectivity index (χ1v) is 36.9. The molecule has 0 bridgehead atoms. The van der Waals surface area contributed by atoms with E-state index in [1.165, 1.54) is 65.9 Å². The van der Waals surface area contributed by atoms with Gasteiger partial charge in [0.1, 0.15) is 0 Å². The van der Waals surface area contributed by atoms with Gasteiger partial charge in [-0.25, -0.2) is 0 Å². The van der Waals surface area contributed by atoms with Crippen LogP contribution in [-0.2, 0) is 4.74 Å². The molecule has 0 amide bonds. The molecule has 0 atom stereocenters. The minimum Gasteiger partial charge on any atom is -0.388 e. The van der Waals surface area contributed by atoms with Crippen LogP contribution >= 0.6 is 0 Å². The maximum atomic E-state index is 4.25. The predicted octanol–water partition coefficient (Wildman–Crippen LogP) is 30.9. The summed E-state index contributed by atoms with van der Waals surface area (Å²) >= 11 is 0. The van der Waals surface area contributed by atoms with Crippen LogP contribution in [0.2, 0.25) is 0 Å². The molecule has 14 aromatic carbocycles. The molecule has 14 aromatic rings. The molecule has 0 saturated carbocycles. The zero-order valence-corrected chi connectivity index (χ0v) is 65.0. The summed E-state index contributed by atoms with van der Waals surface area (Å²) < 4.78 is 4.25. The van der Waals surface area contributed by atoms with E-state index in [9.17, 15) is 0 Å². The highest BCUT2D eigenvalue weighted by Crippen LogP contribution is 2.34. The van der Waals surface area contributed by atoms with Gasteiger partial charge in [0.2, 0.25) is 0 Å². The minimum atomic E-state index is 0.309. The lowest BCUT2D eigenvalue weighted by Gasteiger charge is -2.25. The standard InChI is InChI=1S/C19H16.C18H15N.8C6H6.5C3H8.C2H6O/c2*1-4-10-16(11-5-1)19(17-12-6-2-7-13-17)18-14-8-3-9-15-18;8*1-2-4-6-5-3-1;6*1-3-2/h1-15,19H;1-15H;8*1-6H;5*3H2,1-2H3;1-2H3. The minimum absolute atomic E-state index is 0.309. The summed E-state index contributed by atoms with van der Waals surface area (Å²) in [6.07, 6.45) is 6.25. The van der Waals surface area contributed by atoms with Gasteiger partial charge in [0.15, 0.2) is 0 Å². The number of benzene rings is 14. The Hall–Kier alpha value is -11.2. The van der Waals surface area contributed by atoms with E-state index in [0.717, 1.165) is 0 Å². The van der Waals surface area contributed by atoms with Gasteiger partial charge in [-0.3, -0.25) is 0 Å². The smallest absolute Gasteiger partial charge is 0.0461 e. The van der Waals surface area contributed by atoms with E-state index in [-0.39, 0.29) is 0 Å². The molecule has 0 radical (unpaired) electrons. The van der Waals surface area contributed by atoms with Crippen molar-refractivity contribution in [2.24, 2.45) is 0 Å². The lowest BCUT2D eigenvalue weighted by atomic mass is 9.85. The molecule has 0 N–H and O–H groups in total. The van der Waals surface area contributed by atoms with Gasteiger partial charge in [-0.2, -0.15) is 0 Å². The highest BCUT2D eigenvalue weighted by atomic mass is 16.4. The first kappa shape index (κ1) is 94.9. The van der Waals surface area contributed by atoms with Gasteiger partial charge in [0, 0.05) is 37.2 Å². The number of nitrogens with zero attached hydrogens (tertiary/aromatic N) is 1. The summed E-state index contributed by atoms with van der Waals surface area (Å²) in [5, 5.41) is 0. The molecule has 0 aliphatic rings.